The smallest absolute Gasteiger partial charge is 0.282 e. The van der Waals surface area contributed by atoms with E-state index in [2.05, 4.69) is 0 Å². The Morgan fingerprint density at radius 1 is 0.857 bits per heavy atom. The molecule has 1 aromatic rings. The molecule has 0 fully saturated rings. The van der Waals surface area contributed by atoms with E-state index in [9.17, 15) is 30.0 Å². The van der Waals surface area contributed by atoms with Crippen LogP contribution in [0.15, 0.2) is 26.8 Å². The molecule has 0 heterocycles. The monoisotopic (exact) mass is 380 g/mol. The average Bonchev–Trinajstić information content (AvgIpc) is 2.23. The second-order valence-corrected chi connectivity index (χ2v) is 8.01. The Bertz CT molecular complexity index is 925. The second kappa shape index (κ2) is 5.28. The van der Waals surface area contributed by atoms with Gasteiger partial charge in [0.1, 0.15) is 9.79 Å². The molecule has 0 atom stereocenters. The van der Waals surface area contributed by atoms with Crippen LogP contribution in [0.1, 0.15) is 10.4 Å². The summed E-state index contributed by atoms with van der Waals surface area (Å²) in [5, 5.41) is -1.65. The van der Waals surface area contributed by atoms with Crippen molar-refractivity contribution in [3.63, 3.8) is 0 Å². The van der Waals surface area contributed by atoms with E-state index in [0.717, 1.165) is 0 Å². The van der Waals surface area contributed by atoms with Gasteiger partial charge in [-0.2, -0.15) is 25.3 Å². The quantitative estimate of drug-likeness (QED) is 0.467. The Labute approximate surface area is 123 Å². The van der Waals surface area contributed by atoms with Gasteiger partial charge in [0.2, 0.25) is 0 Å². The standard InChI is InChI=1S/C7H5ClO10S3/c8-7(9)4-1-3(19(10,11)12)2-5(20(13,14)15)6(4)21(16,17)18/h1-2H,(H,10,11,12)(H,13,14,15)(H,16,17,18). The van der Waals surface area contributed by atoms with E-state index in [0.29, 0.717) is 0 Å². The van der Waals surface area contributed by atoms with Gasteiger partial charge in [-0.05, 0) is 23.7 Å². The predicted molar refractivity (Wildman–Crippen MR) is 66.1 cm³/mol. The maximum Gasteiger partial charge on any atom is 0.296 e. The third-order valence-electron chi connectivity index (χ3n) is 2.07. The van der Waals surface area contributed by atoms with Crippen LogP contribution < -0.4 is 0 Å². The lowest BCUT2D eigenvalue weighted by atomic mass is 10.2. The summed E-state index contributed by atoms with van der Waals surface area (Å²) in [6.07, 6.45) is 0. The minimum Gasteiger partial charge on any atom is -0.282 e. The van der Waals surface area contributed by atoms with Crippen molar-refractivity contribution < 1.29 is 43.7 Å². The molecule has 0 aromatic heterocycles. The summed E-state index contributed by atoms with van der Waals surface area (Å²) in [4.78, 5) is 6.63. The largest absolute Gasteiger partial charge is 0.296 e. The highest BCUT2D eigenvalue weighted by atomic mass is 35.5. The van der Waals surface area contributed by atoms with Crippen molar-refractivity contribution >= 4 is 47.2 Å². The van der Waals surface area contributed by atoms with E-state index >= 15 is 0 Å². The molecule has 0 aliphatic carbocycles. The number of hydrogen-bond acceptors (Lipinski definition) is 7. The first-order valence-electron chi connectivity index (χ1n) is 4.46. The lowest BCUT2D eigenvalue weighted by Crippen LogP contribution is -2.15. The highest BCUT2D eigenvalue weighted by molar-refractivity contribution is 7.89. The molecule has 14 heteroatoms. The molecule has 0 saturated heterocycles. The van der Waals surface area contributed by atoms with Gasteiger partial charge in [0.15, 0.2) is 0 Å². The zero-order chi connectivity index (χ0) is 16.8. The number of carbonyl (C=O) groups is 1. The van der Waals surface area contributed by atoms with Gasteiger partial charge in [0.05, 0.1) is 10.5 Å². The zero-order valence-electron chi connectivity index (χ0n) is 9.46. The van der Waals surface area contributed by atoms with E-state index in [1.54, 1.807) is 0 Å². The summed E-state index contributed by atoms with van der Waals surface area (Å²) in [6, 6.07) is 0.263. The van der Waals surface area contributed by atoms with Gasteiger partial charge in [-0.25, -0.2) is 0 Å². The van der Waals surface area contributed by atoms with E-state index in [1.165, 1.54) is 0 Å². The van der Waals surface area contributed by atoms with Crippen molar-refractivity contribution in [3.05, 3.63) is 17.7 Å². The maximum atomic E-state index is 11.1. The minimum atomic E-state index is -5.38. The fourth-order valence-corrected chi connectivity index (χ4v) is 4.14. The van der Waals surface area contributed by atoms with Crippen LogP contribution in [0.5, 0.6) is 0 Å². The fourth-order valence-electron chi connectivity index (χ4n) is 1.33. The van der Waals surface area contributed by atoms with Crippen molar-refractivity contribution in [1.29, 1.82) is 0 Å². The molecule has 0 aliphatic rings. The van der Waals surface area contributed by atoms with E-state index < -0.39 is 55.8 Å². The van der Waals surface area contributed by atoms with Gasteiger partial charge in [0.25, 0.3) is 35.6 Å². The van der Waals surface area contributed by atoms with Crippen LogP contribution in [-0.4, -0.2) is 44.2 Å². The van der Waals surface area contributed by atoms with Crippen LogP contribution in [-0.2, 0) is 30.4 Å². The van der Waals surface area contributed by atoms with E-state index in [4.69, 9.17) is 25.3 Å². The Balaban J connectivity index is 4.19. The molecular weight excluding hydrogens is 376 g/mol. The van der Waals surface area contributed by atoms with Crippen molar-refractivity contribution in [2.45, 2.75) is 14.7 Å². The maximum absolute atomic E-state index is 11.1. The fraction of sp³-hybridized carbons (Fsp3) is 0. The highest BCUT2D eigenvalue weighted by Crippen LogP contribution is 2.29. The molecule has 21 heavy (non-hydrogen) atoms. The van der Waals surface area contributed by atoms with Crippen LogP contribution in [0.2, 0.25) is 0 Å². The molecule has 0 saturated carbocycles. The Hall–Kier alpha value is -1.09. The molecule has 1 aromatic carbocycles. The Morgan fingerprint density at radius 3 is 1.62 bits per heavy atom. The highest BCUT2D eigenvalue weighted by Gasteiger charge is 2.32. The summed E-state index contributed by atoms with van der Waals surface area (Å²) < 4.78 is 93.1. The molecule has 3 N–H and O–H groups in total. The first-order valence-corrected chi connectivity index (χ1v) is 9.16. The lowest BCUT2D eigenvalue weighted by molar-refractivity contribution is 0.107. The number of rotatable bonds is 4. The molecular formula is C7H5ClO10S3. The Kier molecular flexibility index (Phi) is 4.51. The van der Waals surface area contributed by atoms with E-state index in [1.807, 2.05) is 0 Å². The molecule has 0 radical (unpaired) electrons. The van der Waals surface area contributed by atoms with Crippen LogP contribution >= 0.6 is 11.6 Å². The molecule has 0 aliphatic heterocycles. The second-order valence-electron chi connectivity index (χ2n) is 3.50. The van der Waals surface area contributed by atoms with Crippen LogP contribution in [0, 0.1) is 0 Å². The van der Waals surface area contributed by atoms with Crippen molar-refractivity contribution in [1.82, 2.24) is 0 Å². The lowest BCUT2D eigenvalue weighted by Gasteiger charge is -2.10. The van der Waals surface area contributed by atoms with Crippen molar-refractivity contribution in [2.75, 3.05) is 0 Å². The predicted octanol–water partition coefficient (Wildman–Crippen LogP) is -0.194. The third kappa shape index (κ3) is 3.97. The van der Waals surface area contributed by atoms with Gasteiger partial charge >= 0.3 is 0 Å². The molecule has 118 valence electrons. The zero-order valence-corrected chi connectivity index (χ0v) is 12.7. The van der Waals surface area contributed by atoms with Crippen LogP contribution in [0.25, 0.3) is 0 Å². The Morgan fingerprint density at radius 2 is 1.33 bits per heavy atom. The summed E-state index contributed by atoms with van der Waals surface area (Å²) in [7, 11) is -15.8. The molecule has 1 rings (SSSR count). The van der Waals surface area contributed by atoms with Gasteiger partial charge in [-0.3, -0.25) is 18.5 Å². The van der Waals surface area contributed by atoms with E-state index in [-0.39, 0.29) is 12.1 Å². The van der Waals surface area contributed by atoms with Crippen LogP contribution in [0.3, 0.4) is 0 Å². The normalized spacial score (nSPS) is 13.1. The van der Waals surface area contributed by atoms with Crippen LogP contribution in [0.4, 0.5) is 0 Å². The summed E-state index contributed by atoms with van der Waals surface area (Å²) in [5.41, 5.74) is -1.26. The van der Waals surface area contributed by atoms with Crippen molar-refractivity contribution in [2.24, 2.45) is 0 Å². The molecule has 0 unspecified atom stereocenters. The topological polar surface area (TPSA) is 180 Å². The average molecular weight is 381 g/mol. The number of hydrogen-bond donors (Lipinski definition) is 3. The van der Waals surface area contributed by atoms with Crippen molar-refractivity contribution in [3.8, 4) is 0 Å². The minimum absolute atomic E-state index is 0.0388. The molecule has 0 spiro atoms. The summed E-state index contributed by atoms with van der Waals surface area (Å²) in [6.45, 7) is 0. The summed E-state index contributed by atoms with van der Waals surface area (Å²) >= 11 is 4.99. The van der Waals surface area contributed by atoms with Gasteiger partial charge in [0, 0.05) is 0 Å². The first-order chi connectivity index (χ1) is 9.15. The first kappa shape index (κ1) is 18.0. The number of benzene rings is 1. The van der Waals surface area contributed by atoms with Gasteiger partial charge in [-0.15, -0.1) is 0 Å². The van der Waals surface area contributed by atoms with Gasteiger partial charge in [-0.1, -0.05) is 0 Å². The molecule has 10 nitrogen and oxygen atoms in total. The number of carbonyl (C=O) groups excluding carboxylic acids is 1. The summed E-state index contributed by atoms with van der Waals surface area (Å²) in [5.74, 6) is 0. The third-order valence-corrected chi connectivity index (χ3v) is 5.07. The molecule has 0 bridgehead atoms. The van der Waals surface area contributed by atoms with Gasteiger partial charge < -0.3 is 0 Å². The number of halogens is 1. The molecule has 0 amide bonds. The SMILES string of the molecule is O=C(Cl)c1cc(S(=O)(=O)O)cc(S(=O)(=O)O)c1S(=O)(=O)O.